The molecule has 2 aromatic heterocycles. The third-order valence-electron chi connectivity index (χ3n) is 5.26. The van der Waals surface area contributed by atoms with Crippen molar-refractivity contribution in [1.82, 2.24) is 19.6 Å². The number of aryl methyl sites for hydroxylation is 2. The fraction of sp³-hybridized carbons (Fsp3) is 0.364. The van der Waals surface area contributed by atoms with Crippen LogP contribution < -0.4 is 0 Å². The molecule has 0 bridgehead atoms. The van der Waals surface area contributed by atoms with E-state index in [-0.39, 0.29) is 11.7 Å². The highest BCUT2D eigenvalue weighted by Crippen LogP contribution is 2.16. The Morgan fingerprint density at radius 2 is 1.76 bits per heavy atom. The molecule has 0 atom stereocenters. The molecule has 0 spiro atoms. The average Bonchev–Trinajstić information content (AvgIpc) is 3.30. The first kappa shape index (κ1) is 19.4. The maximum atomic E-state index is 13.0. The van der Waals surface area contributed by atoms with E-state index in [1.54, 1.807) is 18.2 Å². The van der Waals surface area contributed by atoms with Gasteiger partial charge in [0.15, 0.2) is 5.76 Å². The highest BCUT2D eigenvalue weighted by molar-refractivity contribution is 5.91. The predicted octanol–water partition coefficient (Wildman–Crippen LogP) is 3.24. The van der Waals surface area contributed by atoms with E-state index >= 15 is 0 Å². The summed E-state index contributed by atoms with van der Waals surface area (Å²) < 4.78 is 20.7. The largest absolute Gasteiger partial charge is 0.454 e. The van der Waals surface area contributed by atoms with Crippen LogP contribution in [0.2, 0.25) is 0 Å². The van der Waals surface area contributed by atoms with Crippen molar-refractivity contribution in [2.75, 3.05) is 26.2 Å². The number of hydrogen-bond acceptors (Lipinski definition) is 4. The van der Waals surface area contributed by atoms with Crippen LogP contribution in [0, 0.1) is 19.7 Å². The lowest BCUT2D eigenvalue weighted by Gasteiger charge is -2.34. The van der Waals surface area contributed by atoms with E-state index in [4.69, 9.17) is 4.42 Å². The minimum absolute atomic E-state index is 0.0777. The van der Waals surface area contributed by atoms with Gasteiger partial charge in [-0.15, -0.1) is 0 Å². The summed E-state index contributed by atoms with van der Waals surface area (Å²) in [6, 6.07) is 12.2. The van der Waals surface area contributed by atoms with E-state index in [2.05, 4.69) is 10.00 Å². The minimum atomic E-state index is -0.222. The van der Waals surface area contributed by atoms with Crippen molar-refractivity contribution in [2.45, 2.75) is 26.9 Å². The Bertz CT molecular complexity index is 985. The fourth-order valence-corrected chi connectivity index (χ4v) is 3.67. The summed E-state index contributed by atoms with van der Waals surface area (Å²) in [5, 5.41) is 4.43. The maximum Gasteiger partial charge on any atom is 0.289 e. The van der Waals surface area contributed by atoms with Crippen molar-refractivity contribution in [1.29, 1.82) is 0 Å². The van der Waals surface area contributed by atoms with E-state index in [1.165, 1.54) is 12.1 Å². The lowest BCUT2D eigenvalue weighted by molar-refractivity contribution is 0.0595. The molecule has 0 aliphatic carbocycles. The van der Waals surface area contributed by atoms with E-state index in [9.17, 15) is 9.18 Å². The lowest BCUT2D eigenvalue weighted by atomic mass is 10.2. The first-order valence-corrected chi connectivity index (χ1v) is 9.84. The van der Waals surface area contributed by atoms with Gasteiger partial charge >= 0.3 is 0 Å². The number of rotatable bonds is 5. The normalized spacial score (nSPS) is 15.1. The van der Waals surface area contributed by atoms with Crippen molar-refractivity contribution >= 4 is 5.91 Å². The summed E-state index contributed by atoms with van der Waals surface area (Å²) in [7, 11) is 0. The third kappa shape index (κ3) is 4.56. The second kappa shape index (κ2) is 8.21. The highest BCUT2D eigenvalue weighted by Gasteiger charge is 2.24. The number of amides is 1. The molecule has 1 saturated heterocycles. The van der Waals surface area contributed by atoms with Gasteiger partial charge in [0.05, 0.1) is 12.2 Å². The zero-order valence-corrected chi connectivity index (χ0v) is 16.8. The second-order valence-electron chi connectivity index (χ2n) is 7.55. The van der Waals surface area contributed by atoms with E-state index in [0.29, 0.717) is 25.4 Å². The van der Waals surface area contributed by atoms with Crippen molar-refractivity contribution in [3.63, 3.8) is 0 Å². The number of aromatic nitrogens is 2. The van der Waals surface area contributed by atoms with Gasteiger partial charge in [0.1, 0.15) is 11.6 Å². The zero-order valence-electron chi connectivity index (χ0n) is 16.8. The number of furan rings is 1. The van der Waals surface area contributed by atoms with Crippen LogP contribution in [0.5, 0.6) is 0 Å². The molecule has 1 amide bonds. The Hall–Kier alpha value is -2.93. The van der Waals surface area contributed by atoms with E-state index in [1.807, 2.05) is 35.6 Å². The van der Waals surface area contributed by atoms with Gasteiger partial charge in [-0.1, -0.05) is 12.1 Å². The number of carbonyl (C=O) groups is 1. The number of piperazine rings is 1. The quantitative estimate of drug-likeness (QED) is 0.664. The van der Waals surface area contributed by atoms with Crippen LogP contribution in [0.25, 0.3) is 0 Å². The van der Waals surface area contributed by atoms with Gasteiger partial charge in [0.25, 0.3) is 5.91 Å². The molecule has 4 rings (SSSR count). The SMILES string of the molecule is Cc1cc(C)n(Cc2ccc(C(=O)N3CCN(Cc4ccc(F)cc4)CC3)o2)n1. The minimum Gasteiger partial charge on any atom is -0.454 e. The molecular weight excluding hydrogens is 371 g/mol. The van der Waals surface area contributed by atoms with Crippen LogP contribution in [0.15, 0.2) is 46.9 Å². The van der Waals surface area contributed by atoms with Gasteiger partial charge in [0.2, 0.25) is 0 Å². The smallest absolute Gasteiger partial charge is 0.289 e. The average molecular weight is 396 g/mol. The summed E-state index contributed by atoms with van der Waals surface area (Å²) in [6.45, 7) is 8.08. The van der Waals surface area contributed by atoms with Gasteiger partial charge in [-0.05, 0) is 49.7 Å². The van der Waals surface area contributed by atoms with Crippen molar-refractivity contribution < 1.29 is 13.6 Å². The van der Waals surface area contributed by atoms with E-state index < -0.39 is 0 Å². The molecular formula is C22H25FN4O2. The molecule has 29 heavy (non-hydrogen) atoms. The van der Waals surface area contributed by atoms with Crippen molar-refractivity contribution in [3.8, 4) is 0 Å². The van der Waals surface area contributed by atoms with Crippen LogP contribution in [-0.4, -0.2) is 51.7 Å². The summed E-state index contributed by atoms with van der Waals surface area (Å²) in [6.07, 6.45) is 0. The van der Waals surface area contributed by atoms with Crippen LogP contribution >= 0.6 is 0 Å². The van der Waals surface area contributed by atoms with Crippen LogP contribution in [0.1, 0.15) is 33.3 Å². The van der Waals surface area contributed by atoms with Gasteiger partial charge < -0.3 is 9.32 Å². The molecule has 1 aliphatic heterocycles. The Kier molecular flexibility index (Phi) is 5.49. The molecule has 3 heterocycles. The maximum absolute atomic E-state index is 13.0. The van der Waals surface area contributed by atoms with Gasteiger partial charge in [-0.3, -0.25) is 14.4 Å². The monoisotopic (exact) mass is 396 g/mol. The number of nitrogens with zero attached hydrogens (tertiary/aromatic N) is 4. The molecule has 0 saturated carbocycles. The molecule has 152 valence electrons. The molecule has 1 aliphatic rings. The van der Waals surface area contributed by atoms with Crippen molar-refractivity contribution in [3.05, 3.63) is 76.8 Å². The molecule has 1 fully saturated rings. The number of hydrogen-bond donors (Lipinski definition) is 0. The molecule has 0 N–H and O–H groups in total. The van der Waals surface area contributed by atoms with Crippen LogP contribution in [0.4, 0.5) is 4.39 Å². The predicted molar refractivity (Wildman–Crippen MR) is 107 cm³/mol. The molecule has 6 nitrogen and oxygen atoms in total. The Balaban J connectivity index is 1.32. The molecule has 3 aromatic rings. The zero-order chi connectivity index (χ0) is 20.4. The number of halogens is 1. The van der Waals surface area contributed by atoms with Gasteiger partial charge in [0, 0.05) is 38.4 Å². The summed E-state index contributed by atoms with van der Waals surface area (Å²) in [4.78, 5) is 16.9. The molecule has 7 heteroatoms. The summed E-state index contributed by atoms with van der Waals surface area (Å²) in [5.74, 6) is 0.786. The van der Waals surface area contributed by atoms with Crippen LogP contribution in [0.3, 0.4) is 0 Å². The topological polar surface area (TPSA) is 54.5 Å². The number of benzene rings is 1. The first-order valence-electron chi connectivity index (χ1n) is 9.84. The second-order valence-corrected chi connectivity index (χ2v) is 7.55. The Morgan fingerprint density at radius 1 is 1.03 bits per heavy atom. The van der Waals surface area contributed by atoms with Crippen molar-refractivity contribution in [2.24, 2.45) is 0 Å². The number of carbonyl (C=O) groups excluding carboxylic acids is 1. The van der Waals surface area contributed by atoms with Crippen LogP contribution in [-0.2, 0) is 13.1 Å². The standard InChI is InChI=1S/C22H25FN4O2/c1-16-13-17(2)27(24-16)15-20-7-8-21(29-20)22(28)26-11-9-25(10-12-26)14-18-3-5-19(23)6-4-18/h3-8,13H,9-12,14-15H2,1-2H3. The third-order valence-corrected chi connectivity index (χ3v) is 5.26. The summed E-state index contributed by atoms with van der Waals surface area (Å²) >= 11 is 0. The van der Waals surface area contributed by atoms with Gasteiger partial charge in [-0.2, -0.15) is 5.10 Å². The fourth-order valence-electron chi connectivity index (χ4n) is 3.67. The highest BCUT2D eigenvalue weighted by atomic mass is 19.1. The van der Waals surface area contributed by atoms with E-state index in [0.717, 1.165) is 42.3 Å². The summed E-state index contributed by atoms with van der Waals surface area (Å²) in [5.41, 5.74) is 3.10. The lowest BCUT2D eigenvalue weighted by Crippen LogP contribution is -2.48. The molecule has 0 radical (unpaired) electrons. The van der Waals surface area contributed by atoms with Gasteiger partial charge in [-0.25, -0.2) is 4.39 Å². The molecule has 0 unspecified atom stereocenters. The Morgan fingerprint density at radius 3 is 2.41 bits per heavy atom. The molecule has 1 aromatic carbocycles. The Labute approximate surface area is 169 Å². The first-order chi connectivity index (χ1) is 14.0.